The summed E-state index contributed by atoms with van der Waals surface area (Å²) >= 11 is 0. The quantitative estimate of drug-likeness (QED) is 0.300. The Balaban J connectivity index is 0.00000240. The third-order valence-electron chi connectivity index (χ3n) is 5.49. The second-order valence-electron chi connectivity index (χ2n) is 7.42. The summed E-state index contributed by atoms with van der Waals surface area (Å²) in [5, 5.41) is 6.74. The van der Waals surface area contributed by atoms with Crippen molar-refractivity contribution in [3.05, 3.63) is 65.7 Å². The molecule has 0 aliphatic heterocycles. The molecule has 0 amide bonds. The molecular formula is C22H27FIN5. The molecule has 4 rings (SSSR count). The Hall–Kier alpha value is -2.16. The van der Waals surface area contributed by atoms with Crippen molar-refractivity contribution < 1.29 is 4.39 Å². The minimum absolute atomic E-state index is 0. The van der Waals surface area contributed by atoms with Crippen molar-refractivity contribution in [2.24, 2.45) is 12.0 Å². The highest BCUT2D eigenvalue weighted by molar-refractivity contribution is 14.0. The minimum atomic E-state index is -0.175. The lowest BCUT2D eigenvalue weighted by Gasteiger charge is -2.19. The predicted molar refractivity (Wildman–Crippen MR) is 126 cm³/mol. The van der Waals surface area contributed by atoms with Crippen LogP contribution in [0.1, 0.15) is 31.2 Å². The van der Waals surface area contributed by atoms with E-state index in [1.54, 1.807) is 12.1 Å². The number of imidazole rings is 1. The summed E-state index contributed by atoms with van der Waals surface area (Å²) in [4.78, 5) is 9.40. The van der Waals surface area contributed by atoms with Crippen molar-refractivity contribution in [2.75, 3.05) is 13.1 Å². The summed E-state index contributed by atoms with van der Waals surface area (Å²) in [5.74, 6) is 1.51. The number of aromatic nitrogens is 2. The van der Waals surface area contributed by atoms with Gasteiger partial charge in [-0.2, -0.15) is 0 Å². The molecular weight excluding hydrogens is 480 g/mol. The van der Waals surface area contributed by atoms with Crippen LogP contribution in [-0.2, 0) is 19.0 Å². The van der Waals surface area contributed by atoms with Gasteiger partial charge < -0.3 is 15.2 Å². The highest BCUT2D eigenvalue weighted by Crippen LogP contribution is 2.47. The first-order chi connectivity index (χ1) is 13.6. The number of aliphatic imine (C=N–C) groups is 1. The zero-order chi connectivity index (χ0) is 19.6. The van der Waals surface area contributed by atoms with Gasteiger partial charge in [0.05, 0.1) is 11.0 Å². The molecule has 29 heavy (non-hydrogen) atoms. The van der Waals surface area contributed by atoms with Crippen LogP contribution in [0.25, 0.3) is 11.0 Å². The number of nitrogens with zero attached hydrogens (tertiary/aromatic N) is 3. The number of aryl methyl sites for hydroxylation is 1. The summed E-state index contributed by atoms with van der Waals surface area (Å²) in [6, 6.07) is 15.0. The summed E-state index contributed by atoms with van der Waals surface area (Å²) in [6.07, 6.45) is 2.13. The highest BCUT2D eigenvalue weighted by Gasteiger charge is 2.44. The molecule has 3 aromatic rings. The third-order valence-corrected chi connectivity index (χ3v) is 5.49. The number of nitrogens with one attached hydrogen (secondary N) is 2. The fourth-order valence-electron chi connectivity index (χ4n) is 3.62. The molecule has 7 heteroatoms. The number of hydrogen-bond donors (Lipinski definition) is 2. The van der Waals surface area contributed by atoms with Crippen LogP contribution in [0.15, 0.2) is 53.5 Å². The van der Waals surface area contributed by atoms with Gasteiger partial charge in [0.2, 0.25) is 0 Å². The zero-order valence-electron chi connectivity index (χ0n) is 16.8. The molecule has 2 N–H and O–H groups in total. The van der Waals surface area contributed by atoms with E-state index in [-0.39, 0.29) is 35.2 Å². The van der Waals surface area contributed by atoms with Crippen molar-refractivity contribution in [3.63, 3.8) is 0 Å². The molecule has 1 fully saturated rings. The molecule has 0 atom stereocenters. The van der Waals surface area contributed by atoms with Gasteiger partial charge in [0.25, 0.3) is 0 Å². The molecule has 0 saturated heterocycles. The molecule has 0 unspecified atom stereocenters. The third kappa shape index (κ3) is 4.71. The minimum Gasteiger partial charge on any atom is -0.357 e. The monoisotopic (exact) mass is 507 g/mol. The van der Waals surface area contributed by atoms with Crippen molar-refractivity contribution in [1.29, 1.82) is 0 Å². The Morgan fingerprint density at radius 1 is 1.17 bits per heavy atom. The maximum atomic E-state index is 13.6. The maximum absolute atomic E-state index is 13.6. The van der Waals surface area contributed by atoms with E-state index in [0.717, 1.165) is 54.3 Å². The highest BCUT2D eigenvalue weighted by atomic mass is 127. The van der Waals surface area contributed by atoms with Crippen LogP contribution in [0, 0.1) is 5.82 Å². The molecule has 0 spiro atoms. The van der Waals surface area contributed by atoms with Gasteiger partial charge in [-0.3, -0.25) is 0 Å². The lowest BCUT2D eigenvalue weighted by Crippen LogP contribution is -2.41. The van der Waals surface area contributed by atoms with E-state index in [1.165, 1.54) is 6.07 Å². The largest absolute Gasteiger partial charge is 0.357 e. The van der Waals surface area contributed by atoms with E-state index < -0.39 is 0 Å². The van der Waals surface area contributed by atoms with E-state index in [2.05, 4.69) is 26.3 Å². The van der Waals surface area contributed by atoms with E-state index >= 15 is 0 Å². The Labute approximate surface area is 187 Å². The number of para-hydroxylation sites is 2. The fraction of sp³-hybridized carbons (Fsp3) is 0.364. The Morgan fingerprint density at radius 2 is 1.97 bits per heavy atom. The summed E-state index contributed by atoms with van der Waals surface area (Å²) in [5.41, 5.74) is 3.16. The molecule has 1 aromatic heterocycles. The van der Waals surface area contributed by atoms with E-state index in [4.69, 9.17) is 4.99 Å². The summed E-state index contributed by atoms with van der Waals surface area (Å²) < 4.78 is 15.7. The van der Waals surface area contributed by atoms with E-state index in [0.29, 0.717) is 6.54 Å². The standard InChI is InChI=1S/C22H26FN5.HI/c1-3-24-21(25-14-20-27-18-9-4-5-10-19(18)28(20)2)26-15-22(11-12-22)16-7-6-8-17(23)13-16;/h4-10,13H,3,11-12,14-15H2,1-2H3,(H2,24,25,26);1H. The van der Waals surface area contributed by atoms with Crippen molar-refractivity contribution in [1.82, 2.24) is 20.2 Å². The molecule has 0 bridgehead atoms. The topological polar surface area (TPSA) is 54.2 Å². The first-order valence-electron chi connectivity index (χ1n) is 9.80. The second-order valence-corrected chi connectivity index (χ2v) is 7.42. The molecule has 5 nitrogen and oxygen atoms in total. The van der Waals surface area contributed by atoms with Crippen molar-refractivity contribution in [2.45, 2.75) is 31.7 Å². The van der Waals surface area contributed by atoms with Gasteiger partial charge in [-0.1, -0.05) is 24.3 Å². The van der Waals surface area contributed by atoms with Crippen LogP contribution in [0.4, 0.5) is 4.39 Å². The second kappa shape index (κ2) is 9.11. The van der Waals surface area contributed by atoms with Gasteiger partial charge in [-0.15, -0.1) is 24.0 Å². The Morgan fingerprint density at radius 3 is 2.66 bits per heavy atom. The number of rotatable bonds is 6. The number of fused-ring (bicyclic) bond motifs is 1. The average Bonchev–Trinajstić information content (AvgIpc) is 3.43. The molecule has 154 valence electrons. The van der Waals surface area contributed by atoms with E-state index in [9.17, 15) is 4.39 Å². The smallest absolute Gasteiger partial charge is 0.191 e. The van der Waals surface area contributed by atoms with Crippen LogP contribution in [0.2, 0.25) is 0 Å². The predicted octanol–water partition coefficient (Wildman–Crippen LogP) is 4.12. The van der Waals surface area contributed by atoms with Gasteiger partial charge >= 0.3 is 0 Å². The van der Waals surface area contributed by atoms with Crippen molar-refractivity contribution >= 4 is 41.0 Å². The molecule has 1 aliphatic carbocycles. The first-order valence-corrected chi connectivity index (χ1v) is 9.80. The Kier molecular flexibility index (Phi) is 6.77. The number of halogens is 2. The molecule has 1 heterocycles. The van der Waals surface area contributed by atoms with E-state index in [1.807, 2.05) is 38.2 Å². The molecule has 1 saturated carbocycles. The number of guanidine groups is 1. The van der Waals surface area contributed by atoms with Gasteiger partial charge in [0.15, 0.2) is 5.96 Å². The van der Waals surface area contributed by atoms with Gasteiger partial charge in [-0.25, -0.2) is 14.4 Å². The molecule has 0 radical (unpaired) electrons. The number of benzene rings is 2. The fourth-order valence-corrected chi connectivity index (χ4v) is 3.62. The Bertz CT molecular complexity index is 1010. The summed E-state index contributed by atoms with van der Waals surface area (Å²) in [6.45, 7) is 4.06. The van der Waals surface area contributed by atoms with Crippen LogP contribution < -0.4 is 10.6 Å². The van der Waals surface area contributed by atoms with Gasteiger partial charge in [0.1, 0.15) is 18.2 Å². The number of hydrogen-bond acceptors (Lipinski definition) is 2. The lowest BCUT2D eigenvalue weighted by molar-refractivity contribution is 0.607. The zero-order valence-corrected chi connectivity index (χ0v) is 19.1. The molecule has 2 aromatic carbocycles. The normalized spacial score (nSPS) is 15.1. The summed E-state index contributed by atoms with van der Waals surface area (Å²) in [7, 11) is 2.02. The SMILES string of the molecule is CCNC(=NCc1nc2ccccc2n1C)NCC1(c2cccc(F)c2)CC1.I. The molecule has 1 aliphatic rings. The maximum Gasteiger partial charge on any atom is 0.191 e. The van der Waals surface area contributed by atoms with Crippen LogP contribution >= 0.6 is 24.0 Å². The van der Waals surface area contributed by atoms with Gasteiger partial charge in [-0.05, 0) is 49.6 Å². The van der Waals surface area contributed by atoms with Crippen LogP contribution in [0.3, 0.4) is 0 Å². The van der Waals surface area contributed by atoms with Gasteiger partial charge in [0, 0.05) is 25.6 Å². The average molecular weight is 507 g/mol. The van der Waals surface area contributed by atoms with Crippen LogP contribution in [-0.4, -0.2) is 28.6 Å². The first kappa shape index (κ1) is 21.5. The lowest BCUT2D eigenvalue weighted by atomic mass is 9.96. The van der Waals surface area contributed by atoms with Crippen LogP contribution in [0.5, 0.6) is 0 Å². The van der Waals surface area contributed by atoms with Crippen molar-refractivity contribution in [3.8, 4) is 0 Å².